The van der Waals surface area contributed by atoms with Crippen LogP contribution in [0.1, 0.15) is 25.6 Å². The van der Waals surface area contributed by atoms with Crippen LogP contribution in [0.4, 0.5) is 31.1 Å². The molecule has 0 saturated heterocycles. The second-order valence-corrected chi connectivity index (χ2v) is 7.90. The second kappa shape index (κ2) is 11.7. The van der Waals surface area contributed by atoms with Gasteiger partial charge in [0.1, 0.15) is 23.9 Å². The summed E-state index contributed by atoms with van der Waals surface area (Å²) in [5.74, 6) is -1.05. The average Bonchev–Trinajstić information content (AvgIpc) is 2.74. The van der Waals surface area contributed by atoms with E-state index in [9.17, 15) is 31.1 Å². The number of urea groups is 1. The summed E-state index contributed by atoms with van der Waals surface area (Å²) in [6.45, 7) is 4.47. The highest BCUT2D eigenvalue weighted by atomic mass is 35.5. The first kappa shape index (κ1) is 28.4. The van der Waals surface area contributed by atoms with Crippen LogP contribution in [0.3, 0.4) is 0 Å². The molecule has 1 aromatic carbocycles. The minimum atomic E-state index is -4.77. The Balaban J connectivity index is 2.26. The summed E-state index contributed by atoms with van der Waals surface area (Å²) in [5, 5.41) is 2.99. The lowest BCUT2D eigenvalue weighted by Gasteiger charge is -2.26. The number of hydrogen-bond acceptors (Lipinski definition) is 4. The average molecular weight is 545 g/mol. The Labute approximate surface area is 206 Å². The third kappa shape index (κ3) is 7.56. The van der Waals surface area contributed by atoms with E-state index in [0.29, 0.717) is 5.01 Å². The van der Waals surface area contributed by atoms with Crippen molar-refractivity contribution in [1.82, 2.24) is 20.7 Å². The number of aromatic nitrogens is 1. The van der Waals surface area contributed by atoms with E-state index in [1.165, 1.54) is 32.2 Å². The highest BCUT2D eigenvalue weighted by molar-refractivity contribution is 6.36. The summed E-state index contributed by atoms with van der Waals surface area (Å²) in [7, 11) is 0. The highest BCUT2D eigenvalue weighted by Crippen LogP contribution is 2.39. The lowest BCUT2D eigenvalue weighted by Crippen LogP contribution is -2.50. The number of pyridine rings is 1. The van der Waals surface area contributed by atoms with Gasteiger partial charge in [-0.3, -0.25) is 10.4 Å². The van der Waals surface area contributed by atoms with Crippen molar-refractivity contribution in [3.8, 4) is 16.9 Å². The van der Waals surface area contributed by atoms with Gasteiger partial charge < -0.3 is 10.1 Å². The molecule has 0 radical (unpaired) electrons. The fourth-order valence-electron chi connectivity index (χ4n) is 2.81. The Kier molecular flexibility index (Phi) is 9.50. The van der Waals surface area contributed by atoms with Crippen LogP contribution < -0.4 is 15.5 Å². The number of rotatable bonds is 9. The van der Waals surface area contributed by atoms with Crippen LogP contribution in [0.25, 0.3) is 11.1 Å². The molecular weight excluding hydrogens is 525 g/mol. The van der Waals surface area contributed by atoms with Gasteiger partial charge in [0.2, 0.25) is 0 Å². The monoisotopic (exact) mass is 544 g/mol. The van der Waals surface area contributed by atoms with Gasteiger partial charge in [0, 0.05) is 28.9 Å². The van der Waals surface area contributed by atoms with Gasteiger partial charge in [-0.15, -0.1) is 0 Å². The molecule has 6 nitrogen and oxygen atoms in total. The van der Waals surface area contributed by atoms with Crippen molar-refractivity contribution in [3.05, 3.63) is 58.2 Å². The predicted octanol–water partition coefficient (Wildman–Crippen LogP) is 6.51. The summed E-state index contributed by atoms with van der Waals surface area (Å²) < 4.78 is 83.3. The first-order chi connectivity index (χ1) is 16.2. The molecule has 1 heterocycles. The van der Waals surface area contributed by atoms with E-state index >= 15 is 0 Å². The van der Waals surface area contributed by atoms with Crippen molar-refractivity contribution in [1.29, 1.82) is 0 Å². The number of allylic oxidation sites excluding steroid dienone is 1. The molecule has 0 aliphatic rings. The molecule has 2 N–H and O–H groups in total. The standard InChI is InChI=1S/C21H20Cl2F6N4O2/c1-4-33(32-11(3)21(27,28)29)20(34)31-10(2)18-16(24)5-12(8-30-18)14-6-13(22)7-15(23)19(14)35-9-17(25)26/h5-8,10,17,32H,3-4,9H2,1-2H3,(H,31,34)/t10-/m1/s1. The maximum absolute atomic E-state index is 14.9. The van der Waals surface area contributed by atoms with Crippen LogP contribution in [-0.4, -0.2) is 41.8 Å². The highest BCUT2D eigenvalue weighted by Gasteiger charge is 2.34. The van der Waals surface area contributed by atoms with E-state index in [2.05, 4.69) is 16.9 Å². The molecule has 0 unspecified atom stereocenters. The lowest BCUT2D eigenvalue weighted by atomic mass is 10.0. The first-order valence-electron chi connectivity index (χ1n) is 9.91. The first-order valence-corrected chi connectivity index (χ1v) is 10.7. The fraction of sp³-hybridized carbons (Fsp3) is 0.333. The third-order valence-corrected chi connectivity index (χ3v) is 4.97. The van der Waals surface area contributed by atoms with E-state index < -0.39 is 42.8 Å². The van der Waals surface area contributed by atoms with Gasteiger partial charge in [-0.2, -0.15) is 13.2 Å². The Morgan fingerprint density at radius 3 is 2.46 bits per heavy atom. The van der Waals surface area contributed by atoms with E-state index in [1.807, 2.05) is 5.43 Å². The molecule has 2 rings (SSSR count). The van der Waals surface area contributed by atoms with Gasteiger partial charge in [-0.05, 0) is 32.0 Å². The van der Waals surface area contributed by atoms with E-state index in [4.69, 9.17) is 27.9 Å². The van der Waals surface area contributed by atoms with Gasteiger partial charge >= 0.3 is 12.2 Å². The normalized spacial score (nSPS) is 12.3. The predicted molar refractivity (Wildman–Crippen MR) is 119 cm³/mol. The van der Waals surface area contributed by atoms with E-state index in [0.717, 1.165) is 6.07 Å². The number of halogens is 8. The summed E-state index contributed by atoms with van der Waals surface area (Å²) in [6.07, 6.45) is -6.38. The summed E-state index contributed by atoms with van der Waals surface area (Å²) >= 11 is 12.0. The molecule has 2 aromatic rings. The summed E-state index contributed by atoms with van der Waals surface area (Å²) in [5.41, 5.74) is 0.436. The Hall–Kier alpha value is -2.86. The number of carbonyl (C=O) groups is 1. The topological polar surface area (TPSA) is 66.5 Å². The van der Waals surface area contributed by atoms with Crippen molar-refractivity contribution < 1.29 is 35.9 Å². The minimum absolute atomic E-state index is 0.0779. The zero-order valence-electron chi connectivity index (χ0n) is 18.3. The van der Waals surface area contributed by atoms with Gasteiger partial charge in [-0.1, -0.05) is 29.8 Å². The molecule has 0 bridgehead atoms. The van der Waals surface area contributed by atoms with Crippen LogP contribution >= 0.6 is 23.2 Å². The number of carbonyl (C=O) groups excluding carboxylic acids is 1. The molecule has 0 spiro atoms. The van der Waals surface area contributed by atoms with E-state index in [-0.39, 0.29) is 39.2 Å². The molecule has 0 aliphatic heterocycles. The van der Waals surface area contributed by atoms with Gasteiger partial charge in [-0.25, -0.2) is 23.0 Å². The Morgan fingerprint density at radius 1 is 1.26 bits per heavy atom. The molecule has 0 fully saturated rings. The number of amides is 2. The van der Waals surface area contributed by atoms with Crippen LogP contribution in [0.15, 0.2) is 36.7 Å². The van der Waals surface area contributed by atoms with Gasteiger partial charge in [0.15, 0.2) is 0 Å². The lowest BCUT2D eigenvalue weighted by molar-refractivity contribution is -0.101. The van der Waals surface area contributed by atoms with Crippen LogP contribution in [0.5, 0.6) is 5.75 Å². The maximum Gasteiger partial charge on any atom is 0.432 e. The number of nitrogens with one attached hydrogen (secondary N) is 2. The quantitative estimate of drug-likeness (QED) is 0.279. The molecular formula is C21H20Cl2F6N4O2. The van der Waals surface area contributed by atoms with Gasteiger partial charge in [0.25, 0.3) is 6.43 Å². The molecule has 192 valence electrons. The number of hydrogen-bond donors (Lipinski definition) is 2. The van der Waals surface area contributed by atoms with Crippen LogP contribution in [0.2, 0.25) is 10.0 Å². The summed E-state index contributed by atoms with van der Waals surface area (Å²) in [4.78, 5) is 16.3. The molecule has 0 aliphatic carbocycles. The van der Waals surface area contributed by atoms with Crippen molar-refractivity contribution in [3.63, 3.8) is 0 Å². The molecule has 0 saturated carbocycles. The van der Waals surface area contributed by atoms with Crippen molar-refractivity contribution in [2.24, 2.45) is 0 Å². The Bertz CT molecular complexity index is 1080. The van der Waals surface area contributed by atoms with Crippen molar-refractivity contribution in [2.45, 2.75) is 32.5 Å². The minimum Gasteiger partial charge on any atom is -0.485 e. The zero-order valence-corrected chi connectivity index (χ0v) is 19.8. The molecule has 35 heavy (non-hydrogen) atoms. The number of benzene rings is 1. The SMILES string of the molecule is C=C(NN(CC)C(=O)N[C@H](C)c1ncc(-c2cc(Cl)cc(Cl)c2OCC(F)F)cc1F)C(F)(F)F. The van der Waals surface area contributed by atoms with Crippen LogP contribution in [0, 0.1) is 5.82 Å². The van der Waals surface area contributed by atoms with Crippen molar-refractivity contribution >= 4 is 29.2 Å². The molecule has 1 atom stereocenters. The maximum atomic E-state index is 14.9. The molecule has 1 aromatic heterocycles. The number of alkyl halides is 5. The third-order valence-electron chi connectivity index (χ3n) is 4.47. The zero-order chi connectivity index (χ0) is 26.5. The smallest absolute Gasteiger partial charge is 0.432 e. The van der Waals surface area contributed by atoms with Crippen LogP contribution in [-0.2, 0) is 0 Å². The summed E-state index contributed by atoms with van der Waals surface area (Å²) in [6, 6.07) is 1.55. The molecule has 14 heteroatoms. The van der Waals surface area contributed by atoms with E-state index in [1.54, 1.807) is 0 Å². The number of hydrazine groups is 1. The second-order valence-electron chi connectivity index (χ2n) is 7.06. The Morgan fingerprint density at radius 2 is 1.91 bits per heavy atom. The number of nitrogens with zero attached hydrogens (tertiary/aromatic N) is 2. The number of ether oxygens (including phenoxy) is 1. The van der Waals surface area contributed by atoms with Gasteiger partial charge in [0.05, 0.1) is 16.8 Å². The molecule has 2 amide bonds. The fourth-order valence-corrected chi connectivity index (χ4v) is 3.36. The largest absolute Gasteiger partial charge is 0.485 e. The van der Waals surface area contributed by atoms with Crippen molar-refractivity contribution in [2.75, 3.05) is 13.2 Å².